The molecule has 7 heteroatoms. The molecule has 1 aromatic carbocycles. The first kappa shape index (κ1) is 21.8. The van der Waals surface area contributed by atoms with E-state index >= 15 is 0 Å². The van der Waals surface area contributed by atoms with Crippen LogP contribution in [0.5, 0.6) is 0 Å². The third-order valence-corrected chi connectivity index (χ3v) is 8.01. The van der Waals surface area contributed by atoms with E-state index in [0.29, 0.717) is 23.5 Å². The van der Waals surface area contributed by atoms with Crippen molar-refractivity contribution >= 4 is 28.1 Å². The minimum Gasteiger partial charge on any atom is -0.478 e. The van der Waals surface area contributed by atoms with Crippen molar-refractivity contribution < 1.29 is 9.90 Å². The highest BCUT2D eigenvalue weighted by molar-refractivity contribution is 7.16. The van der Waals surface area contributed by atoms with Crippen molar-refractivity contribution in [1.82, 2.24) is 10.2 Å². The maximum atomic E-state index is 11.0. The summed E-state index contributed by atoms with van der Waals surface area (Å²) in [4.78, 5) is 14.8. The number of carbonyl (C=O) groups is 1. The highest BCUT2D eigenvalue weighted by Crippen LogP contribution is 2.39. The topological polar surface area (TPSA) is 88.5 Å². The Morgan fingerprint density at radius 1 is 1.19 bits per heavy atom. The Hall–Kier alpha value is -2.38. The van der Waals surface area contributed by atoms with Crippen LogP contribution in [0.2, 0.25) is 0 Å². The Kier molecular flexibility index (Phi) is 6.62. The molecule has 4 rings (SSSR count). The molecule has 166 valence electrons. The molecule has 0 amide bonds. The molecule has 2 aliphatic rings. The number of fused-ring (bicyclic) bond motifs is 1. The summed E-state index contributed by atoms with van der Waals surface area (Å²) >= 11 is 1.82. The number of nitrogens with zero attached hydrogens (tertiary/aromatic N) is 1. The van der Waals surface area contributed by atoms with E-state index in [1.807, 2.05) is 30.5 Å². The zero-order valence-electron chi connectivity index (χ0n) is 18.3. The Balaban J connectivity index is 1.30. The van der Waals surface area contributed by atoms with Gasteiger partial charge in [0.1, 0.15) is 5.84 Å². The van der Waals surface area contributed by atoms with Crippen LogP contribution in [-0.2, 0) is 19.4 Å². The minimum atomic E-state index is -0.884. The number of anilines is 1. The molecule has 6 nitrogen and oxygen atoms in total. The second-order valence-electron chi connectivity index (χ2n) is 8.75. The summed E-state index contributed by atoms with van der Waals surface area (Å²) in [6, 6.07) is 8.05. The van der Waals surface area contributed by atoms with Crippen LogP contribution in [0.3, 0.4) is 0 Å². The van der Waals surface area contributed by atoms with E-state index in [1.165, 1.54) is 16.9 Å². The third-order valence-electron chi connectivity index (χ3n) is 6.70. The predicted molar refractivity (Wildman–Crippen MR) is 127 cm³/mol. The van der Waals surface area contributed by atoms with Crippen LogP contribution in [0, 0.1) is 5.41 Å². The van der Waals surface area contributed by atoms with Gasteiger partial charge in [0.25, 0.3) is 0 Å². The second-order valence-corrected chi connectivity index (χ2v) is 9.86. The molecule has 0 spiro atoms. The van der Waals surface area contributed by atoms with Gasteiger partial charge in [-0.05, 0) is 75.3 Å². The van der Waals surface area contributed by atoms with Crippen molar-refractivity contribution in [3.63, 3.8) is 0 Å². The number of benzene rings is 1. The summed E-state index contributed by atoms with van der Waals surface area (Å²) in [5.74, 6) is -0.301. The fourth-order valence-corrected chi connectivity index (χ4v) is 6.20. The van der Waals surface area contributed by atoms with E-state index in [4.69, 9.17) is 10.5 Å². The number of rotatable bonds is 7. The highest BCUT2D eigenvalue weighted by Gasteiger charge is 2.28. The zero-order chi connectivity index (χ0) is 22.0. The van der Waals surface area contributed by atoms with Crippen LogP contribution in [0.4, 0.5) is 5.00 Å². The summed E-state index contributed by atoms with van der Waals surface area (Å²) < 4.78 is 0. The van der Waals surface area contributed by atoms with Gasteiger partial charge in [0.2, 0.25) is 0 Å². The molecule has 0 aliphatic heterocycles. The number of hydrogen-bond donors (Lipinski definition) is 4. The Bertz CT molecular complexity index is 945. The molecular formula is C24H32N4O2S. The summed E-state index contributed by atoms with van der Waals surface area (Å²) in [5.41, 5.74) is 3.96. The van der Waals surface area contributed by atoms with Gasteiger partial charge in [-0.3, -0.25) is 10.3 Å². The van der Waals surface area contributed by atoms with E-state index < -0.39 is 5.97 Å². The lowest BCUT2D eigenvalue weighted by atomic mass is 9.89. The van der Waals surface area contributed by atoms with E-state index in [0.717, 1.165) is 61.2 Å². The van der Waals surface area contributed by atoms with Gasteiger partial charge in [-0.25, -0.2) is 4.79 Å². The van der Waals surface area contributed by atoms with Crippen molar-refractivity contribution in [2.75, 3.05) is 19.4 Å². The van der Waals surface area contributed by atoms with E-state index in [9.17, 15) is 4.79 Å². The van der Waals surface area contributed by atoms with Gasteiger partial charge in [0, 0.05) is 30.6 Å². The summed E-state index contributed by atoms with van der Waals surface area (Å²) in [6.45, 7) is 0.824. The number of nitrogens with one attached hydrogen (secondary N) is 3. The molecule has 4 N–H and O–H groups in total. The van der Waals surface area contributed by atoms with Crippen LogP contribution in [-0.4, -0.2) is 48.0 Å². The van der Waals surface area contributed by atoms with Crippen LogP contribution in [0.1, 0.15) is 64.0 Å². The first-order valence-electron chi connectivity index (χ1n) is 11.2. The maximum absolute atomic E-state index is 11.0. The molecule has 1 saturated carbocycles. The lowest BCUT2D eigenvalue weighted by Gasteiger charge is -2.35. The van der Waals surface area contributed by atoms with Gasteiger partial charge < -0.3 is 15.7 Å². The van der Waals surface area contributed by atoms with E-state index in [-0.39, 0.29) is 0 Å². The lowest BCUT2D eigenvalue weighted by molar-refractivity contribution is 0.0697. The van der Waals surface area contributed by atoms with Crippen LogP contribution >= 0.6 is 11.3 Å². The Labute approximate surface area is 188 Å². The van der Waals surface area contributed by atoms with Gasteiger partial charge in [-0.1, -0.05) is 12.1 Å². The molecule has 2 aromatic rings. The Morgan fingerprint density at radius 3 is 2.55 bits per heavy atom. The minimum absolute atomic E-state index is 0.332. The Morgan fingerprint density at radius 2 is 1.90 bits per heavy atom. The molecular weight excluding hydrogens is 408 g/mol. The molecule has 0 saturated heterocycles. The fourth-order valence-electron chi connectivity index (χ4n) is 4.95. The number of amidine groups is 1. The van der Waals surface area contributed by atoms with Crippen LogP contribution < -0.4 is 10.6 Å². The monoisotopic (exact) mass is 440 g/mol. The molecule has 1 aromatic heterocycles. The summed E-state index contributed by atoms with van der Waals surface area (Å²) in [7, 11) is 4.10. The van der Waals surface area contributed by atoms with Crippen molar-refractivity contribution in [3.8, 4) is 0 Å². The first-order valence-corrected chi connectivity index (χ1v) is 12.0. The molecule has 1 fully saturated rings. The average molecular weight is 441 g/mol. The number of carboxylic acids is 1. The van der Waals surface area contributed by atoms with Crippen LogP contribution in [0.15, 0.2) is 24.3 Å². The van der Waals surface area contributed by atoms with Gasteiger partial charge in [-0.2, -0.15) is 0 Å². The maximum Gasteiger partial charge on any atom is 0.335 e. The molecule has 31 heavy (non-hydrogen) atoms. The SMILES string of the molecule is CNc1sc2c(c1C(=N)N[C@H]1CC[C@H](N(C)Cc3ccc(C(=O)O)cc3)CC1)CCC2. The van der Waals surface area contributed by atoms with E-state index in [2.05, 4.69) is 22.6 Å². The quantitative estimate of drug-likeness (QED) is 0.380. The zero-order valence-corrected chi connectivity index (χ0v) is 19.1. The van der Waals surface area contributed by atoms with Crippen molar-refractivity contribution in [2.24, 2.45) is 0 Å². The fraction of sp³-hybridized carbons (Fsp3) is 0.500. The highest BCUT2D eigenvalue weighted by atomic mass is 32.1. The first-order chi connectivity index (χ1) is 15.0. The normalized spacial score (nSPS) is 20.5. The second kappa shape index (κ2) is 9.40. The standard InChI is InChI=1S/C24H32N4O2S/c1-26-23-21(19-4-3-5-20(19)31-23)22(25)27-17-10-12-18(13-11-17)28(2)14-15-6-8-16(9-7-15)24(29)30/h6-9,17-18,26H,3-5,10-14H2,1-2H3,(H2,25,27)(H,29,30)/t17-,18-. The molecule has 0 bridgehead atoms. The van der Waals surface area contributed by atoms with Gasteiger partial charge in [-0.15, -0.1) is 11.3 Å². The predicted octanol–water partition coefficient (Wildman–Crippen LogP) is 4.33. The third kappa shape index (κ3) is 4.77. The number of hydrogen-bond acceptors (Lipinski definition) is 5. The number of carboxylic acid groups (broad SMARTS) is 1. The largest absolute Gasteiger partial charge is 0.478 e. The number of thiophene rings is 1. The van der Waals surface area contributed by atoms with Gasteiger partial charge in [0.15, 0.2) is 0 Å². The van der Waals surface area contributed by atoms with Crippen LogP contribution in [0.25, 0.3) is 0 Å². The number of aryl methyl sites for hydroxylation is 1. The average Bonchev–Trinajstić information content (AvgIpc) is 3.35. The van der Waals surface area contributed by atoms with Crippen molar-refractivity contribution in [3.05, 3.63) is 51.4 Å². The summed E-state index contributed by atoms with van der Waals surface area (Å²) in [5, 5.41) is 25.7. The number of aromatic carboxylic acids is 1. The lowest BCUT2D eigenvalue weighted by Crippen LogP contribution is -2.42. The van der Waals surface area contributed by atoms with Crippen molar-refractivity contribution in [1.29, 1.82) is 5.41 Å². The van der Waals surface area contributed by atoms with E-state index in [1.54, 1.807) is 12.1 Å². The molecule has 2 aliphatic carbocycles. The van der Waals surface area contributed by atoms with Gasteiger partial charge >= 0.3 is 5.97 Å². The molecule has 0 radical (unpaired) electrons. The summed E-state index contributed by atoms with van der Waals surface area (Å²) in [6.07, 6.45) is 7.80. The molecule has 1 heterocycles. The molecule has 0 atom stereocenters. The van der Waals surface area contributed by atoms with Crippen molar-refractivity contribution in [2.45, 2.75) is 63.6 Å². The van der Waals surface area contributed by atoms with Gasteiger partial charge in [0.05, 0.1) is 16.1 Å². The molecule has 0 unspecified atom stereocenters. The smallest absolute Gasteiger partial charge is 0.335 e.